The van der Waals surface area contributed by atoms with Crippen molar-refractivity contribution in [3.8, 4) is 11.5 Å². The molecule has 3 aromatic carbocycles. The number of benzene rings is 3. The van der Waals surface area contributed by atoms with Crippen molar-refractivity contribution in [2.45, 2.75) is 19.6 Å². The van der Waals surface area contributed by atoms with Crippen LogP contribution in [0.3, 0.4) is 0 Å². The van der Waals surface area contributed by atoms with Gasteiger partial charge in [0.15, 0.2) is 11.5 Å². The van der Waals surface area contributed by atoms with Gasteiger partial charge in [-0.3, -0.25) is 9.69 Å². The van der Waals surface area contributed by atoms with Gasteiger partial charge in [0.25, 0.3) is 0 Å². The molecule has 208 valence electrons. The van der Waals surface area contributed by atoms with Crippen LogP contribution >= 0.6 is 24.8 Å². The molecular weight excluding hydrogens is 528 g/mol. The van der Waals surface area contributed by atoms with Crippen molar-refractivity contribution in [3.63, 3.8) is 0 Å². The van der Waals surface area contributed by atoms with Crippen molar-refractivity contribution in [3.05, 3.63) is 95.3 Å². The van der Waals surface area contributed by atoms with E-state index in [0.717, 1.165) is 29.7 Å². The number of amides is 1. The molecule has 0 spiro atoms. The molecular formula is C29H38Cl2FN3O3. The van der Waals surface area contributed by atoms with Gasteiger partial charge in [0.1, 0.15) is 12.4 Å². The van der Waals surface area contributed by atoms with Crippen LogP contribution in [0.15, 0.2) is 72.8 Å². The summed E-state index contributed by atoms with van der Waals surface area (Å²) in [6.07, 6.45) is 0.748. The summed E-state index contributed by atoms with van der Waals surface area (Å²) in [7, 11) is 5.58. The number of halogens is 3. The summed E-state index contributed by atoms with van der Waals surface area (Å²) in [5.41, 5.74) is 3.00. The summed E-state index contributed by atoms with van der Waals surface area (Å²) in [5.74, 6) is 0.961. The summed E-state index contributed by atoms with van der Waals surface area (Å²) in [6, 6.07) is 22.4. The molecule has 1 N–H and O–H groups in total. The largest absolute Gasteiger partial charge is 0.493 e. The van der Waals surface area contributed by atoms with E-state index >= 15 is 0 Å². The lowest BCUT2D eigenvalue weighted by Gasteiger charge is -2.22. The molecule has 0 aliphatic heterocycles. The van der Waals surface area contributed by atoms with Gasteiger partial charge in [-0.15, -0.1) is 24.8 Å². The molecule has 0 radical (unpaired) electrons. The lowest BCUT2D eigenvalue weighted by Crippen LogP contribution is -2.40. The van der Waals surface area contributed by atoms with Gasteiger partial charge in [0.2, 0.25) is 5.91 Å². The van der Waals surface area contributed by atoms with Crippen molar-refractivity contribution in [2.24, 2.45) is 0 Å². The lowest BCUT2D eigenvalue weighted by atomic mass is 10.1. The Morgan fingerprint density at radius 3 is 2.29 bits per heavy atom. The Kier molecular flexibility index (Phi) is 15.4. The van der Waals surface area contributed by atoms with E-state index in [2.05, 4.69) is 22.3 Å². The molecule has 6 nitrogen and oxygen atoms in total. The van der Waals surface area contributed by atoms with E-state index in [1.54, 1.807) is 13.2 Å². The quantitative estimate of drug-likeness (QED) is 0.299. The van der Waals surface area contributed by atoms with Gasteiger partial charge in [0, 0.05) is 26.2 Å². The van der Waals surface area contributed by atoms with E-state index in [1.165, 1.54) is 12.1 Å². The monoisotopic (exact) mass is 565 g/mol. The van der Waals surface area contributed by atoms with Crippen LogP contribution in [0.1, 0.15) is 16.7 Å². The lowest BCUT2D eigenvalue weighted by molar-refractivity contribution is -0.122. The molecule has 38 heavy (non-hydrogen) atoms. The molecule has 0 aliphatic carbocycles. The standard InChI is InChI=1S/C29H36FN3O3.2ClH/c1-32(2)17-15-31-29(34)21-33(20-24-8-5-4-6-9-24)16-14-23-12-13-27(28(19-23)35-3)36-22-25-10-7-11-26(30)18-25;;/h4-13,18-19H,14-17,20-22H2,1-3H3,(H,31,34);2*1H. The van der Waals surface area contributed by atoms with Gasteiger partial charge in [-0.25, -0.2) is 4.39 Å². The summed E-state index contributed by atoms with van der Waals surface area (Å²) in [6.45, 7) is 3.41. The van der Waals surface area contributed by atoms with Crippen LogP contribution in [0, 0.1) is 5.82 Å². The molecule has 3 rings (SSSR count). The fraction of sp³-hybridized carbons (Fsp3) is 0.345. The Balaban J connectivity index is 0.00000361. The molecule has 0 aliphatic rings. The second-order valence-corrected chi connectivity index (χ2v) is 9.00. The van der Waals surface area contributed by atoms with Crippen LogP contribution in [-0.4, -0.2) is 63.1 Å². The number of rotatable bonds is 14. The van der Waals surface area contributed by atoms with Gasteiger partial charge in [0.05, 0.1) is 13.7 Å². The maximum atomic E-state index is 13.4. The average Bonchev–Trinajstić information content (AvgIpc) is 2.86. The molecule has 0 saturated carbocycles. The Morgan fingerprint density at radius 1 is 0.868 bits per heavy atom. The highest BCUT2D eigenvalue weighted by molar-refractivity contribution is 5.85. The van der Waals surface area contributed by atoms with E-state index in [4.69, 9.17) is 9.47 Å². The highest BCUT2D eigenvalue weighted by atomic mass is 35.5. The number of hydrogen-bond donors (Lipinski definition) is 1. The first-order valence-corrected chi connectivity index (χ1v) is 12.1. The molecule has 1 amide bonds. The average molecular weight is 567 g/mol. The fourth-order valence-corrected chi connectivity index (χ4v) is 3.80. The predicted octanol–water partition coefficient (Wildman–Crippen LogP) is 4.98. The van der Waals surface area contributed by atoms with Crippen molar-refractivity contribution in [1.29, 1.82) is 0 Å². The van der Waals surface area contributed by atoms with Crippen molar-refractivity contribution < 1.29 is 18.7 Å². The number of carbonyl (C=O) groups excluding carboxylic acids is 1. The first kappa shape index (κ1) is 33.2. The van der Waals surface area contributed by atoms with E-state index in [-0.39, 0.29) is 43.1 Å². The van der Waals surface area contributed by atoms with E-state index < -0.39 is 0 Å². The highest BCUT2D eigenvalue weighted by Gasteiger charge is 2.13. The smallest absolute Gasteiger partial charge is 0.234 e. The molecule has 0 heterocycles. The molecule has 0 bridgehead atoms. The van der Waals surface area contributed by atoms with Gasteiger partial charge in [-0.2, -0.15) is 0 Å². The first-order valence-electron chi connectivity index (χ1n) is 12.1. The van der Waals surface area contributed by atoms with Crippen LogP contribution < -0.4 is 14.8 Å². The van der Waals surface area contributed by atoms with Crippen molar-refractivity contribution >= 4 is 30.7 Å². The first-order chi connectivity index (χ1) is 17.4. The minimum absolute atomic E-state index is 0. The maximum absolute atomic E-state index is 13.4. The minimum atomic E-state index is -0.287. The molecule has 0 saturated heterocycles. The normalized spacial score (nSPS) is 10.5. The highest BCUT2D eigenvalue weighted by Crippen LogP contribution is 2.29. The molecule has 3 aromatic rings. The Labute approximate surface area is 237 Å². The molecule has 0 unspecified atom stereocenters. The summed E-state index contributed by atoms with van der Waals surface area (Å²) in [4.78, 5) is 16.8. The van der Waals surface area contributed by atoms with E-state index in [1.807, 2.05) is 61.5 Å². The van der Waals surface area contributed by atoms with Gasteiger partial charge < -0.3 is 19.7 Å². The number of ether oxygens (including phenoxy) is 2. The molecule has 9 heteroatoms. The van der Waals surface area contributed by atoms with Gasteiger partial charge in [-0.1, -0.05) is 48.5 Å². The number of hydrogen-bond acceptors (Lipinski definition) is 5. The van der Waals surface area contributed by atoms with Crippen LogP contribution in [0.5, 0.6) is 11.5 Å². The summed E-state index contributed by atoms with van der Waals surface area (Å²) >= 11 is 0. The molecule has 0 aromatic heterocycles. The molecule has 0 atom stereocenters. The number of nitrogens with zero attached hydrogens (tertiary/aromatic N) is 2. The zero-order chi connectivity index (χ0) is 25.8. The number of carbonyl (C=O) groups is 1. The third-order valence-corrected chi connectivity index (χ3v) is 5.73. The number of methoxy groups -OCH3 is 1. The maximum Gasteiger partial charge on any atom is 0.234 e. The van der Waals surface area contributed by atoms with Crippen molar-refractivity contribution in [1.82, 2.24) is 15.1 Å². The zero-order valence-electron chi connectivity index (χ0n) is 22.2. The third-order valence-electron chi connectivity index (χ3n) is 5.73. The second-order valence-electron chi connectivity index (χ2n) is 9.00. The van der Waals surface area contributed by atoms with E-state index in [9.17, 15) is 9.18 Å². The fourth-order valence-electron chi connectivity index (χ4n) is 3.80. The van der Waals surface area contributed by atoms with Crippen LogP contribution in [-0.2, 0) is 24.4 Å². The Morgan fingerprint density at radius 2 is 1.61 bits per heavy atom. The van der Waals surface area contributed by atoms with Gasteiger partial charge >= 0.3 is 0 Å². The summed E-state index contributed by atoms with van der Waals surface area (Å²) < 4.78 is 24.9. The van der Waals surface area contributed by atoms with E-state index in [0.29, 0.717) is 37.7 Å². The Bertz CT molecular complexity index is 1100. The second kappa shape index (κ2) is 17.6. The van der Waals surface area contributed by atoms with Crippen LogP contribution in [0.4, 0.5) is 4.39 Å². The SMILES string of the molecule is COc1cc(CCN(CC(=O)NCCN(C)C)Cc2ccccc2)ccc1OCc1cccc(F)c1.Cl.Cl. The van der Waals surface area contributed by atoms with Crippen molar-refractivity contribution in [2.75, 3.05) is 47.4 Å². The molecule has 0 fully saturated rings. The number of nitrogens with one attached hydrogen (secondary N) is 1. The number of likely N-dealkylation sites (N-methyl/N-ethyl adjacent to an activating group) is 1. The van der Waals surface area contributed by atoms with Crippen LogP contribution in [0.25, 0.3) is 0 Å². The Hall–Kier alpha value is -2.84. The minimum Gasteiger partial charge on any atom is -0.493 e. The third kappa shape index (κ3) is 11.7. The van der Waals surface area contributed by atoms with Gasteiger partial charge in [-0.05, 0) is 61.5 Å². The summed E-state index contributed by atoms with van der Waals surface area (Å²) in [5, 5.41) is 3.00. The predicted molar refractivity (Wildman–Crippen MR) is 155 cm³/mol. The zero-order valence-corrected chi connectivity index (χ0v) is 23.8. The van der Waals surface area contributed by atoms with Crippen LogP contribution in [0.2, 0.25) is 0 Å². The topological polar surface area (TPSA) is 54.0 Å².